The van der Waals surface area contributed by atoms with Crippen molar-refractivity contribution in [3.63, 3.8) is 0 Å². The highest BCUT2D eigenvalue weighted by Crippen LogP contribution is 2.30. The molecule has 6 nitrogen and oxygen atoms in total. The molecule has 0 radical (unpaired) electrons. The Balaban J connectivity index is 1.55. The molecular formula is C25H25Cl2N5OS2. The first kappa shape index (κ1) is 25.7. The summed E-state index contributed by atoms with van der Waals surface area (Å²) in [4.78, 5) is 17.0. The number of hydrogen-bond acceptors (Lipinski definition) is 6. The number of carbonyl (C=O) groups excluding carboxylic acids is 1. The molecule has 0 aliphatic carbocycles. The number of hydrogen-bond donors (Lipinski definition) is 1. The molecule has 2 heterocycles. The predicted octanol–water partition coefficient (Wildman–Crippen LogP) is 6.69. The molecule has 0 spiro atoms. The lowest BCUT2D eigenvalue weighted by atomic mass is 10.1. The van der Waals surface area contributed by atoms with Gasteiger partial charge < -0.3 is 5.32 Å². The minimum absolute atomic E-state index is 0.0785. The second-order valence-electron chi connectivity index (χ2n) is 8.42. The maximum atomic E-state index is 12.5. The molecule has 0 saturated carbocycles. The highest BCUT2D eigenvalue weighted by Gasteiger charge is 2.19. The van der Waals surface area contributed by atoms with Crippen LogP contribution in [-0.2, 0) is 12.2 Å². The Morgan fingerprint density at radius 3 is 2.57 bits per heavy atom. The molecular weight excluding hydrogens is 521 g/mol. The number of nitrogens with one attached hydrogen (secondary N) is 1. The molecule has 1 unspecified atom stereocenters. The van der Waals surface area contributed by atoms with Gasteiger partial charge in [0.15, 0.2) is 5.16 Å². The smallest absolute Gasteiger partial charge is 0.270 e. The van der Waals surface area contributed by atoms with Crippen LogP contribution in [0.15, 0.2) is 59.1 Å². The number of thioether (sulfide) groups is 1. The summed E-state index contributed by atoms with van der Waals surface area (Å²) < 4.78 is 1.99. The van der Waals surface area contributed by atoms with E-state index in [1.165, 1.54) is 23.1 Å². The van der Waals surface area contributed by atoms with Crippen LogP contribution in [-0.4, -0.2) is 31.7 Å². The van der Waals surface area contributed by atoms with Crippen molar-refractivity contribution in [3.8, 4) is 5.69 Å². The molecule has 182 valence electrons. The van der Waals surface area contributed by atoms with Gasteiger partial charge in [-0.2, -0.15) is 0 Å². The van der Waals surface area contributed by atoms with Crippen LogP contribution in [0.2, 0.25) is 10.0 Å². The average Bonchev–Trinajstić information content (AvgIpc) is 3.47. The third kappa shape index (κ3) is 6.44. The number of amides is 1. The van der Waals surface area contributed by atoms with E-state index in [4.69, 9.17) is 23.2 Å². The number of benzene rings is 2. The summed E-state index contributed by atoms with van der Waals surface area (Å²) in [6.07, 6.45) is 0.615. The lowest BCUT2D eigenvalue weighted by Crippen LogP contribution is -2.36. The Hall–Kier alpha value is -2.39. The quantitative estimate of drug-likeness (QED) is 0.237. The predicted molar refractivity (Wildman–Crippen MR) is 144 cm³/mol. The summed E-state index contributed by atoms with van der Waals surface area (Å²) in [5.41, 5.74) is 2.40. The minimum Gasteiger partial charge on any atom is -0.348 e. The monoisotopic (exact) mass is 545 g/mol. The molecule has 4 rings (SSSR count). The minimum atomic E-state index is -0.150. The van der Waals surface area contributed by atoms with Gasteiger partial charge in [-0.05, 0) is 36.6 Å². The van der Waals surface area contributed by atoms with Crippen molar-refractivity contribution in [2.45, 2.75) is 44.1 Å². The summed E-state index contributed by atoms with van der Waals surface area (Å²) >= 11 is 15.4. The van der Waals surface area contributed by atoms with Gasteiger partial charge in [0.05, 0.1) is 21.5 Å². The third-order valence-corrected chi connectivity index (χ3v) is 8.25. The van der Waals surface area contributed by atoms with Gasteiger partial charge in [-0.25, -0.2) is 4.98 Å². The van der Waals surface area contributed by atoms with Crippen LogP contribution in [0.5, 0.6) is 0 Å². The van der Waals surface area contributed by atoms with Gasteiger partial charge in [0.2, 0.25) is 0 Å². The van der Waals surface area contributed by atoms with Crippen LogP contribution in [0, 0.1) is 5.92 Å². The van der Waals surface area contributed by atoms with Crippen LogP contribution in [0.1, 0.15) is 47.7 Å². The number of carbonyl (C=O) groups is 1. The largest absolute Gasteiger partial charge is 0.348 e. The first-order chi connectivity index (χ1) is 16.8. The average molecular weight is 547 g/mol. The molecule has 1 amide bonds. The van der Waals surface area contributed by atoms with E-state index in [0.29, 0.717) is 39.0 Å². The molecule has 1 atom stereocenters. The molecule has 4 aromatic rings. The Morgan fingerprint density at radius 1 is 1.09 bits per heavy atom. The number of nitrogens with zero attached hydrogens (tertiary/aromatic N) is 4. The van der Waals surface area contributed by atoms with Gasteiger partial charge in [-0.1, -0.05) is 79.1 Å². The zero-order chi connectivity index (χ0) is 24.9. The maximum absolute atomic E-state index is 12.5. The van der Waals surface area contributed by atoms with E-state index >= 15 is 0 Å². The van der Waals surface area contributed by atoms with Gasteiger partial charge in [0, 0.05) is 17.8 Å². The summed E-state index contributed by atoms with van der Waals surface area (Å²) in [7, 11) is 0. The van der Waals surface area contributed by atoms with Crippen molar-refractivity contribution in [2.24, 2.45) is 5.92 Å². The molecule has 0 aliphatic heterocycles. The highest BCUT2D eigenvalue weighted by atomic mass is 35.5. The number of aromatic nitrogens is 4. The van der Waals surface area contributed by atoms with E-state index < -0.39 is 0 Å². The normalized spacial score (nSPS) is 12.2. The molecule has 0 aliphatic rings. The molecule has 2 aromatic heterocycles. The lowest BCUT2D eigenvalue weighted by molar-refractivity contribution is 0.0926. The second kappa shape index (κ2) is 11.6. The van der Waals surface area contributed by atoms with Crippen LogP contribution in [0.3, 0.4) is 0 Å². The first-order valence-electron chi connectivity index (χ1n) is 11.1. The molecule has 10 heteroatoms. The van der Waals surface area contributed by atoms with Gasteiger partial charge in [-0.15, -0.1) is 21.5 Å². The van der Waals surface area contributed by atoms with Crippen molar-refractivity contribution in [2.75, 3.05) is 0 Å². The first-order valence-corrected chi connectivity index (χ1v) is 13.8. The Kier molecular flexibility index (Phi) is 8.49. The van der Waals surface area contributed by atoms with Crippen molar-refractivity contribution < 1.29 is 4.79 Å². The molecule has 35 heavy (non-hydrogen) atoms. The van der Waals surface area contributed by atoms with Crippen molar-refractivity contribution in [1.82, 2.24) is 25.1 Å². The molecule has 0 fully saturated rings. The van der Waals surface area contributed by atoms with Crippen LogP contribution in [0.25, 0.3) is 5.69 Å². The van der Waals surface area contributed by atoms with Crippen molar-refractivity contribution >= 4 is 52.2 Å². The molecule has 2 aromatic carbocycles. The number of thiazole rings is 1. The van der Waals surface area contributed by atoms with Gasteiger partial charge in [-0.3, -0.25) is 9.36 Å². The Morgan fingerprint density at radius 2 is 1.86 bits per heavy atom. The zero-order valence-corrected chi connectivity index (χ0v) is 22.7. The van der Waals surface area contributed by atoms with Gasteiger partial charge >= 0.3 is 0 Å². The van der Waals surface area contributed by atoms with Crippen LogP contribution in [0.4, 0.5) is 0 Å². The van der Waals surface area contributed by atoms with E-state index in [9.17, 15) is 4.79 Å². The van der Waals surface area contributed by atoms with E-state index in [1.54, 1.807) is 11.4 Å². The summed E-state index contributed by atoms with van der Waals surface area (Å²) in [6.45, 7) is 6.14. The lowest BCUT2D eigenvalue weighted by Gasteiger charge is -2.16. The summed E-state index contributed by atoms with van der Waals surface area (Å²) in [6, 6.07) is 15.7. The van der Waals surface area contributed by atoms with Crippen molar-refractivity contribution in [1.29, 1.82) is 0 Å². The summed E-state index contributed by atoms with van der Waals surface area (Å²) in [5.74, 6) is 1.55. The van der Waals surface area contributed by atoms with Crippen LogP contribution >= 0.6 is 46.3 Å². The fourth-order valence-corrected chi connectivity index (χ4v) is 5.28. The van der Waals surface area contributed by atoms with Crippen molar-refractivity contribution in [3.05, 3.63) is 86.0 Å². The fourth-order valence-electron chi connectivity index (χ4n) is 3.23. The van der Waals surface area contributed by atoms with Crippen LogP contribution < -0.4 is 5.32 Å². The van der Waals surface area contributed by atoms with E-state index in [2.05, 4.69) is 46.5 Å². The topological polar surface area (TPSA) is 72.7 Å². The Bertz CT molecular complexity index is 1310. The number of halogens is 2. The van der Waals surface area contributed by atoms with E-state index in [-0.39, 0.29) is 11.9 Å². The maximum Gasteiger partial charge on any atom is 0.270 e. The fraction of sp³-hybridized carbons (Fsp3) is 0.280. The van der Waals surface area contributed by atoms with E-state index in [0.717, 1.165) is 22.1 Å². The SMILES string of the molecule is CC(C)C(C)NC(=O)c1csc(CSc2nnc(Cc3ccccc3)n2-c2ccc(Cl)c(Cl)c2)n1. The Labute approximate surface area is 223 Å². The third-order valence-electron chi connectivity index (χ3n) is 5.53. The highest BCUT2D eigenvalue weighted by molar-refractivity contribution is 7.98. The second-order valence-corrected chi connectivity index (χ2v) is 11.1. The van der Waals surface area contributed by atoms with E-state index in [1.807, 2.05) is 41.8 Å². The molecule has 1 N–H and O–H groups in total. The molecule has 0 bridgehead atoms. The standard InChI is InChI=1S/C25H25Cl2N5OS2/c1-15(2)16(3)28-24(33)21-13-34-23(29-21)14-35-25-31-30-22(11-17-7-5-4-6-8-17)32(25)18-9-10-19(26)20(27)12-18/h4-10,12-13,15-16H,11,14H2,1-3H3,(H,28,33). The zero-order valence-electron chi connectivity index (χ0n) is 19.5. The number of rotatable bonds is 9. The summed E-state index contributed by atoms with van der Waals surface area (Å²) in [5, 5.41) is 16.2. The van der Waals surface area contributed by atoms with Gasteiger partial charge in [0.1, 0.15) is 16.5 Å². The molecule has 0 saturated heterocycles. The van der Waals surface area contributed by atoms with Gasteiger partial charge in [0.25, 0.3) is 5.91 Å².